The molecule has 1 aromatic heterocycles. The fourth-order valence-corrected chi connectivity index (χ4v) is 4.71. The van der Waals surface area contributed by atoms with Gasteiger partial charge in [0, 0.05) is 27.5 Å². The van der Waals surface area contributed by atoms with E-state index in [0.29, 0.717) is 27.3 Å². The minimum absolute atomic E-state index is 0.107. The van der Waals surface area contributed by atoms with Gasteiger partial charge in [-0.15, -0.1) is 10.2 Å². The fourth-order valence-electron chi connectivity index (χ4n) is 3.84. The molecule has 192 valence electrons. The van der Waals surface area contributed by atoms with Crippen LogP contribution in [0.3, 0.4) is 0 Å². The van der Waals surface area contributed by atoms with Gasteiger partial charge in [-0.05, 0) is 72.3 Å². The number of rotatable bonds is 9. The quantitative estimate of drug-likeness (QED) is 0.119. The zero-order valence-electron chi connectivity index (χ0n) is 20.7. The summed E-state index contributed by atoms with van der Waals surface area (Å²) in [4.78, 5) is 25.2. The molecule has 5 rings (SSSR count). The third-order valence-corrected chi connectivity index (χ3v) is 6.94. The maximum absolute atomic E-state index is 12.7. The van der Waals surface area contributed by atoms with Crippen molar-refractivity contribution < 1.29 is 9.59 Å². The van der Waals surface area contributed by atoms with Crippen LogP contribution in [0.5, 0.6) is 0 Å². The zero-order valence-corrected chi connectivity index (χ0v) is 22.3. The molecule has 8 heteroatoms. The van der Waals surface area contributed by atoms with Crippen molar-refractivity contribution in [3.63, 3.8) is 0 Å². The van der Waals surface area contributed by atoms with Gasteiger partial charge in [-0.25, -0.2) is 0 Å². The number of hydrogen-bond acceptors (Lipinski definition) is 5. The Balaban J connectivity index is 1.24. The number of thioether (sulfide) groups is 1. The molecule has 0 fully saturated rings. The van der Waals surface area contributed by atoms with Crippen LogP contribution < -0.4 is 5.32 Å². The third kappa shape index (κ3) is 6.71. The number of halogens is 1. The maximum atomic E-state index is 12.7. The maximum Gasteiger partial charge on any atom is 0.234 e. The van der Waals surface area contributed by atoms with Crippen molar-refractivity contribution in [3.8, 4) is 17.1 Å². The first-order chi connectivity index (χ1) is 19.1. The van der Waals surface area contributed by atoms with Crippen LogP contribution in [-0.4, -0.2) is 32.2 Å². The molecule has 0 saturated heterocycles. The molecule has 6 nitrogen and oxygen atoms in total. The van der Waals surface area contributed by atoms with Crippen molar-refractivity contribution in [1.29, 1.82) is 0 Å². The van der Waals surface area contributed by atoms with E-state index in [1.807, 2.05) is 77.4 Å². The number of benzene rings is 4. The van der Waals surface area contributed by atoms with Crippen LogP contribution in [0.1, 0.15) is 15.9 Å². The molecular formula is C31H23ClN4O2S. The van der Waals surface area contributed by atoms with Crippen molar-refractivity contribution in [3.05, 3.63) is 131 Å². The van der Waals surface area contributed by atoms with Crippen molar-refractivity contribution in [1.82, 2.24) is 14.8 Å². The minimum atomic E-state index is -0.196. The smallest absolute Gasteiger partial charge is 0.234 e. The molecule has 39 heavy (non-hydrogen) atoms. The van der Waals surface area contributed by atoms with Crippen LogP contribution in [0.25, 0.3) is 23.2 Å². The van der Waals surface area contributed by atoms with E-state index in [2.05, 4.69) is 15.5 Å². The van der Waals surface area contributed by atoms with Gasteiger partial charge in [0.15, 0.2) is 16.8 Å². The highest BCUT2D eigenvalue weighted by Crippen LogP contribution is 2.28. The monoisotopic (exact) mass is 550 g/mol. The van der Waals surface area contributed by atoms with E-state index in [1.165, 1.54) is 11.8 Å². The van der Waals surface area contributed by atoms with Crippen molar-refractivity contribution in [2.24, 2.45) is 0 Å². The number of nitrogens with zero attached hydrogens (tertiary/aromatic N) is 3. The first-order valence-electron chi connectivity index (χ1n) is 12.1. The average Bonchev–Trinajstić information content (AvgIpc) is 3.40. The van der Waals surface area contributed by atoms with Crippen molar-refractivity contribution >= 4 is 46.8 Å². The topological polar surface area (TPSA) is 76.9 Å². The molecule has 1 amide bonds. The summed E-state index contributed by atoms with van der Waals surface area (Å²) in [5.74, 6) is 0.483. The second-order valence-corrected chi connectivity index (χ2v) is 9.89. The highest BCUT2D eigenvalue weighted by molar-refractivity contribution is 7.99. The van der Waals surface area contributed by atoms with Crippen LogP contribution in [0.15, 0.2) is 120 Å². The number of hydrogen-bond donors (Lipinski definition) is 1. The Bertz CT molecular complexity index is 1600. The lowest BCUT2D eigenvalue weighted by atomic mass is 10.1. The van der Waals surface area contributed by atoms with Gasteiger partial charge in [0.2, 0.25) is 5.91 Å². The number of amides is 1. The molecular weight excluding hydrogens is 528 g/mol. The molecule has 0 atom stereocenters. The molecule has 0 saturated carbocycles. The normalized spacial score (nSPS) is 11.0. The SMILES string of the molecule is O=C(CSc1nnc(-c2ccc(Cl)cc2)n1-c1ccccc1)Nc1ccc(C(=O)/C=C/c2ccccc2)cc1. The number of allylic oxidation sites excluding steroid dienone is 1. The molecule has 5 aromatic rings. The number of carbonyl (C=O) groups excluding carboxylic acids is 2. The summed E-state index contributed by atoms with van der Waals surface area (Å²) in [5.41, 5.74) is 3.85. The lowest BCUT2D eigenvalue weighted by molar-refractivity contribution is -0.113. The predicted molar refractivity (Wildman–Crippen MR) is 157 cm³/mol. The van der Waals surface area contributed by atoms with E-state index in [1.54, 1.807) is 48.6 Å². The van der Waals surface area contributed by atoms with E-state index in [-0.39, 0.29) is 17.4 Å². The summed E-state index contributed by atoms with van der Waals surface area (Å²) in [7, 11) is 0. The lowest BCUT2D eigenvalue weighted by Crippen LogP contribution is -2.14. The summed E-state index contributed by atoms with van der Waals surface area (Å²) < 4.78 is 1.92. The van der Waals surface area contributed by atoms with Gasteiger partial charge < -0.3 is 5.32 Å². The largest absolute Gasteiger partial charge is 0.325 e. The molecule has 0 radical (unpaired) electrons. The van der Waals surface area contributed by atoms with Gasteiger partial charge >= 0.3 is 0 Å². The molecule has 0 aliphatic carbocycles. The van der Waals surface area contributed by atoms with Crippen LogP contribution in [-0.2, 0) is 4.79 Å². The zero-order chi connectivity index (χ0) is 27.0. The molecule has 0 spiro atoms. The van der Waals surface area contributed by atoms with Crippen LogP contribution in [0.2, 0.25) is 5.02 Å². The predicted octanol–water partition coefficient (Wildman–Crippen LogP) is 7.21. The van der Waals surface area contributed by atoms with Crippen LogP contribution in [0.4, 0.5) is 5.69 Å². The van der Waals surface area contributed by atoms with E-state index in [9.17, 15) is 9.59 Å². The number of ketones is 1. The van der Waals surface area contributed by atoms with Gasteiger partial charge in [-0.2, -0.15) is 0 Å². The van der Waals surface area contributed by atoms with Gasteiger partial charge in [0.1, 0.15) is 0 Å². The number of anilines is 1. The summed E-state index contributed by atoms with van der Waals surface area (Å²) in [5, 5.41) is 12.9. The number of para-hydroxylation sites is 1. The summed E-state index contributed by atoms with van der Waals surface area (Å²) in [6.45, 7) is 0. The van der Waals surface area contributed by atoms with E-state index < -0.39 is 0 Å². The Labute approximate surface area is 235 Å². The molecule has 1 N–H and O–H groups in total. The van der Waals surface area contributed by atoms with Crippen LogP contribution in [0, 0.1) is 0 Å². The van der Waals surface area contributed by atoms with Crippen LogP contribution >= 0.6 is 23.4 Å². The van der Waals surface area contributed by atoms with Gasteiger partial charge in [-0.1, -0.05) is 78.0 Å². The van der Waals surface area contributed by atoms with Gasteiger partial charge in [0.05, 0.1) is 5.75 Å². The molecule has 4 aromatic carbocycles. The summed E-state index contributed by atoms with van der Waals surface area (Å²) >= 11 is 7.35. The number of nitrogens with one attached hydrogen (secondary N) is 1. The second-order valence-electron chi connectivity index (χ2n) is 8.51. The van der Waals surface area contributed by atoms with Gasteiger partial charge in [0.25, 0.3) is 0 Å². The molecule has 0 bridgehead atoms. The Morgan fingerprint density at radius 2 is 1.49 bits per heavy atom. The number of aromatic nitrogens is 3. The molecule has 0 unspecified atom stereocenters. The lowest BCUT2D eigenvalue weighted by Gasteiger charge is -2.10. The molecule has 0 aliphatic rings. The Morgan fingerprint density at radius 1 is 0.821 bits per heavy atom. The summed E-state index contributed by atoms with van der Waals surface area (Å²) in [6.07, 6.45) is 3.32. The number of carbonyl (C=O) groups is 2. The fraction of sp³-hybridized carbons (Fsp3) is 0.0323. The summed E-state index contributed by atoms with van der Waals surface area (Å²) in [6, 6.07) is 33.6. The first kappa shape index (κ1) is 26.2. The second kappa shape index (κ2) is 12.4. The Kier molecular flexibility index (Phi) is 8.31. The standard InChI is InChI=1S/C31H23ClN4O2S/c32-25-16-12-24(13-17-25)30-34-35-31(36(30)27-9-5-2-6-10-27)39-21-29(38)33-26-18-14-23(15-19-26)28(37)20-11-22-7-3-1-4-8-22/h1-20H,21H2,(H,33,38)/b20-11+. The molecule has 0 aliphatic heterocycles. The van der Waals surface area contributed by atoms with Gasteiger partial charge in [-0.3, -0.25) is 14.2 Å². The Hall–Kier alpha value is -4.46. The highest BCUT2D eigenvalue weighted by atomic mass is 35.5. The average molecular weight is 551 g/mol. The highest BCUT2D eigenvalue weighted by Gasteiger charge is 2.17. The molecule has 1 heterocycles. The Morgan fingerprint density at radius 3 is 2.18 bits per heavy atom. The van der Waals surface area contributed by atoms with E-state index in [0.717, 1.165) is 16.8 Å². The minimum Gasteiger partial charge on any atom is -0.325 e. The third-order valence-electron chi connectivity index (χ3n) is 5.76. The van der Waals surface area contributed by atoms with Crippen molar-refractivity contribution in [2.45, 2.75) is 5.16 Å². The first-order valence-corrected chi connectivity index (χ1v) is 13.5. The van der Waals surface area contributed by atoms with E-state index in [4.69, 9.17) is 11.6 Å². The van der Waals surface area contributed by atoms with E-state index >= 15 is 0 Å². The van der Waals surface area contributed by atoms with Crippen molar-refractivity contribution in [2.75, 3.05) is 11.1 Å².